The molecule has 0 fully saturated rings. The van der Waals surface area contributed by atoms with Gasteiger partial charge in [-0.2, -0.15) is 5.26 Å². The minimum atomic E-state index is -3.80. The van der Waals surface area contributed by atoms with E-state index in [0.717, 1.165) is 0 Å². The van der Waals surface area contributed by atoms with E-state index in [4.69, 9.17) is 16.9 Å². The molecule has 0 atom stereocenters. The lowest BCUT2D eigenvalue weighted by Gasteiger charge is -2.09. The predicted molar refractivity (Wildman–Crippen MR) is 78.3 cm³/mol. The molecule has 5 nitrogen and oxygen atoms in total. The maximum atomic E-state index is 12.2. The molecule has 0 saturated heterocycles. The van der Waals surface area contributed by atoms with Crippen molar-refractivity contribution in [1.29, 1.82) is 5.26 Å². The van der Waals surface area contributed by atoms with E-state index in [0.29, 0.717) is 5.56 Å². The van der Waals surface area contributed by atoms with Crippen molar-refractivity contribution in [2.75, 3.05) is 0 Å². The van der Waals surface area contributed by atoms with Crippen molar-refractivity contribution in [3.8, 4) is 11.8 Å². The summed E-state index contributed by atoms with van der Waals surface area (Å²) in [5, 5.41) is 18.1. The monoisotopic (exact) mass is 322 g/mol. The summed E-state index contributed by atoms with van der Waals surface area (Å²) < 4.78 is 26.7. The van der Waals surface area contributed by atoms with Crippen LogP contribution in [0.1, 0.15) is 11.1 Å². The van der Waals surface area contributed by atoms with Crippen LogP contribution >= 0.6 is 11.6 Å². The Balaban J connectivity index is 2.21. The lowest BCUT2D eigenvalue weighted by molar-refractivity contribution is 0.474. The third-order valence-electron chi connectivity index (χ3n) is 2.73. The first-order valence-electron chi connectivity index (χ1n) is 5.89. The Morgan fingerprint density at radius 3 is 2.62 bits per heavy atom. The number of hydrogen-bond donors (Lipinski definition) is 2. The second-order valence-electron chi connectivity index (χ2n) is 4.25. The molecule has 0 radical (unpaired) electrons. The Morgan fingerprint density at radius 2 is 2.00 bits per heavy atom. The van der Waals surface area contributed by atoms with Crippen molar-refractivity contribution in [3.63, 3.8) is 0 Å². The fourth-order valence-corrected chi connectivity index (χ4v) is 3.27. The smallest absolute Gasteiger partial charge is 0.242 e. The van der Waals surface area contributed by atoms with Crippen LogP contribution in [0.25, 0.3) is 0 Å². The van der Waals surface area contributed by atoms with E-state index in [1.54, 1.807) is 12.1 Å². The molecule has 2 aromatic rings. The summed E-state index contributed by atoms with van der Waals surface area (Å²) in [5.74, 6) is 0.0584. The molecule has 0 aliphatic heterocycles. The van der Waals surface area contributed by atoms with Gasteiger partial charge in [0, 0.05) is 6.54 Å². The second-order valence-corrected chi connectivity index (χ2v) is 6.39. The van der Waals surface area contributed by atoms with E-state index in [1.165, 1.54) is 30.3 Å². The van der Waals surface area contributed by atoms with E-state index in [2.05, 4.69) is 4.72 Å². The first-order valence-corrected chi connectivity index (χ1v) is 7.76. The number of nitrogens with one attached hydrogen (secondary N) is 1. The largest absolute Gasteiger partial charge is 0.508 e. The van der Waals surface area contributed by atoms with Crippen molar-refractivity contribution in [1.82, 2.24) is 4.72 Å². The Labute approximate surface area is 127 Å². The van der Waals surface area contributed by atoms with Crippen molar-refractivity contribution in [3.05, 3.63) is 58.6 Å². The van der Waals surface area contributed by atoms with E-state index >= 15 is 0 Å². The standard InChI is InChI=1S/C14H11ClN2O3S/c15-13-7-10(8-16)4-5-14(13)21(19,20)17-9-11-2-1-3-12(18)6-11/h1-7,17-18H,9H2. The van der Waals surface area contributed by atoms with E-state index in [1.807, 2.05) is 6.07 Å². The fraction of sp³-hybridized carbons (Fsp3) is 0.0714. The van der Waals surface area contributed by atoms with Crippen LogP contribution < -0.4 is 4.72 Å². The number of sulfonamides is 1. The zero-order valence-electron chi connectivity index (χ0n) is 10.7. The minimum Gasteiger partial charge on any atom is -0.508 e. The predicted octanol–water partition coefficient (Wildman–Crippen LogP) is 2.40. The lowest BCUT2D eigenvalue weighted by Crippen LogP contribution is -2.23. The lowest BCUT2D eigenvalue weighted by atomic mass is 10.2. The zero-order valence-corrected chi connectivity index (χ0v) is 12.3. The Kier molecular flexibility index (Phi) is 4.48. The van der Waals surface area contributed by atoms with Crippen LogP contribution in [0, 0.1) is 11.3 Å². The molecule has 0 aliphatic rings. The highest BCUT2D eigenvalue weighted by Gasteiger charge is 2.18. The number of hydrogen-bond acceptors (Lipinski definition) is 4. The van der Waals surface area contributed by atoms with Crippen molar-refractivity contribution in [2.45, 2.75) is 11.4 Å². The quantitative estimate of drug-likeness (QED) is 0.904. The summed E-state index contributed by atoms with van der Waals surface area (Å²) in [5.41, 5.74) is 0.898. The highest BCUT2D eigenvalue weighted by molar-refractivity contribution is 7.89. The first-order chi connectivity index (χ1) is 9.92. The van der Waals surface area contributed by atoms with Gasteiger partial charge in [-0.15, -0.1) is 0 Å². The molecule has 108 valence electrons. The molecular weight excluding hydrogens is 312 g/mol. The third-order valence-corrected chi connectivity index (χ3v) is 4.61. The van der Waals surface area contributed by atoms with E-state index in [-0.39, 0.29) is 27.8 Å². The SMILES string of the molecule is N#Cc1ccc(S(=O)(=O)NCc2cccc(O)c2)c(Cl)c1. The topological polar surface area (TPSA) is 90.2 Å². The van der Waals surface area contributed by atoms with Gasteiger partial charge in [0.2, 0.25) is 10.0 Å². The van der Waals surface area contributed by atoms with E-state index in [9.17, 15) is 13.5 Å². The van der Waals surface area contributed by atoms with Gasteiger partial charge in [-0.1, -0.05) is 23.7 Å². The van der Waals surface area contributed by atoms with Crippen molar-refractivity contribution < 1.29 is 13.5 Å². The second kappa shape index (κ2) is 6.14. The third kappa shape index (κ3) is 3.73. The van der Waals surface area contributed by atoms with Gasteiger partial charge in [0.05, 0.1) is 16.7 Å². The van der Waals surface area contributed by atoms with Gasteiger partial charge < -0.3 is 5.11 Å². The molecule has 0 saturated carbocycles. The van der Waals surface area contributed by atoms with Gasteiger partial charge in [0.15, 0.2) is 0 Å². The Hall–Kier alpha value is -2.07. The van der Waals surface area contributed by atoms with E-state index < -0.39 is 10.0 Å². The average Bonchev–Trinajstić information content (AvgIpc) is 2.45. The number of nitrogens with zero attached hydrogens (tertiary/aromatic N) is 1. The minimum absolute atomic E-state index is 0.0162. The van der Waals surface area contributed by atoms with Crippen LogP contribution in [0.15, 0.2) is 47.4 Å². The normalized spacial score (nSPS) is 11.0. The molecule has 0 aliphatic carbocycles. The number of phenolic OH excluding ortho intramolecular Hbond substituents is 1. The number of phenols is 1. The summed E-state index contributed by atoms with van der Waals surface area (Å²) in [4.78, 5) is -0.0941. The summed E-state index contributed by atoms with van der Waals surface area (Å²) in [6.07, 6.45) is 0. The number of aromatic hydroxyl groups is 1. The molecule has 0 spiro atoms. The molecule has 21 heavy (non-hydrogen) atoms. The van der Waals surface area contributed by atoms with Crippen LogP contribution in [0.2, 0.25) is 5.02 Å². The summed E-state index contributed by atoms with van der Waals surface area (Å²) >= 11 is 5.89. The van der Waals surface area contributed by atoms with Crippen molar-refractivity contribution in [2.24, 2.45) is 0 Å². The zero-order chi connectivity index (χ0) is 15.5. The Bertz CT molecular complexity index is 813. The summed E-state index contributed by atoms with van der Waals surface area (Å²) in [6, 6.07) is 12.1. The van der Waals surface area contributed by atoms with Gasteiger partial charge in [-0.25, -0.2) is 13.1 Å². The van der Waals surface area contributed by atoms with Crippen LogP contribution in [0.5, 0.6) is 5.75 Å². The molecule has 0 unspecified atom stereocenters. The van der Waals surface area contributed by atoms with Crippen molar-refractivity contribution >= 4 is 21.6 Å². The molecule has 2 rings (SSSR count). The molecule has 0 aromatic heterocycles. The Morgan fingerprint density at radius 1 is 1.24 bits per heavy atom. The van der Waals surface area contributed by atoms with Crippen LogP contribution in [0.3, 0.4) is 0 Å². The van der Waals surface area contributed by atoms with Gasteiger partial charge in [-0.3, -0.25) is 0 Å². The van der Waals surface area contributed by atoms with Crippen LogP contribution in [-0.4, -0.2) is 13.5 Å². The van der Waals surface area contributed by atoms with Gasteiger partial charge in [0.25, 0.3) is 0 Å². The molecule has 2 N–H and O–H groups in total. The fourth-order valence-electron chi connectivity index (χ4n) is 1.71. The summed E-state index contributed by atoms with van der Waals surface area (Å²) in [6.45, 7) is 0.0209. The van der Waals surface area contributed by atoms with Crippen LogP contribution in [-0.2, 0) is 16.6 Å². The maximum Gasteiger partial charge on any atom is 0.242 e. The van der Waals surface area contributed by atoms with Gasteiger partial charge >= 0.3 is 0 Å². The summed E-state index contributed by atoms with van der Waals surface area (Å²) in [7, 11) is -3.80. The number of benzene rings is 2. The van der Waals surface area contributed by atoms with Gasteiger partial charge in [-0.05, 0) is 35.9 Å². The highest BCUT2D eigenvalue weighted by Crippen LogP contribution is 2.22. The molecule has 0 heterocycles. The average molecular weight is 323 g/mol. The maximum absolute atomic E-state index is 12.2. The van der Waals surface area contributed by atoms with Crippen LogP contribution in [0.4, 0.5) is 0 Å². The van der Waals surface area contributed by atoms with Gasteiger partial charge in [0.1, 0.15) is 10.6 Å². The molecule has 7 heteroatoms. The molecular formula is C14H11ClN2O3S. The molecule has 0 bridgehead atoms. The number of rotatable bonds is 4. The first kappa shape index (κ1) is 15.3. The number of halogens is 1. The number of nitriles is 1. The molecule has 2 aromatic carbocycles. The highest BCUT2D eigenvalue weighted by atomic mass is 35.5. The molecule has 0 amide bonds.